The van der Waals surface area contributed by atoms with Gasteiger partial charge < -0.3 is 9.47 Å². The van der Waals surface area contributed by atoms with Crippen molar-refractivity contribution >= 4 is 17.1 Å². The monoisotopic (exact) mass is 357 g/mol. The maximum atomic E-state index is 11.5. The zero-order chi connectivity index (χ0) is 19.5. The van der Waals surface area contributed by atoms with Gasteiger partial charge in [0.2, 0.25) is 0 Å². The minimum Gasteiger partial charge on any atom is -0.494 e. The molecule has 0 spiro atoms. The summed E-state index contributed by atoms with van der Waals surface area (Å²) in [4.78, 5) is 20.1. The maximum Gasteiger partial charge on any atom is 0.339 e. The highest BCUT2D eigenvalue weighted by molar-refractivity contribution is 5.92. The van der Waals surface area contributed by atoms with Gasteiger partial charge in [-0.05, 0) is 37.3 Å². The van der Waals surface area contributed by atoms with Gasteiger partial charge in [0.25, 0.3) is 0 Å². The van der Waals surface area contributed by atoms with Crippen molar-refractivity contribution in [1.29, 1.82) is 0 Å². The number of aromatic nitrogens is 3. The van der Waals surface area contributed by atoms with Gasteiger partial charge in [0.05, 0.1) is 19.3 Å². The lowest BCUT2D eigenvalue weighted by molar-refractivity contribution is 0.0600. The van der Waals surface area contributed by atoms with Crippen molar-refractivity contribution in [3.63, 3.8) is 0 Å². The molecule has 0 unspecified atom stereocenters. The minimum atomic E-state index is -0.426. The van der Waals surface area contributed by atoms with Gasteiger partial charge in [-0.2, -0.15) is 0 Å². The number of hydrogen-bond donors (Lipinski definition) is 0. The molecule has 2 aromatic heterocycles. The molecular weight excluding hydrogens is 330 g/mol. The average molecular weight is 357 g/mol. The van der Waals surface area contributed by atoms with E-state index in [9.17, 15) is 4.79 Å². The fraction of sp³-hybridized carbons (Fsp3) is 0.350. The predicted octanol–water partition coefficient (Wildman–Crippen LogP) is 4.66. The Morgan fingerprint density at radius 3 is 2.31 bits per heavy atom. The molecule has 2 heterocycles. The number of nitrogens with zero attached hydrogens (tertiary/aromatic N) is 3. The normalized spacial score (nSPS) is 9.46. The number of rotatable bonds is 4. The van der Waals surface area contributed by atoms with Crippen LogP contribution in [0.5, 0.6) is 5.75 Å². The first-order chi connectivity index (χ1) is 12.7. The van der Waals surface area contributed by atoms with E-state index in [4.69, 9.17) is 4.74 Å². The van der Waals surface area contributed by atoms with E-state index >= 15 is 0 Å². The molecule has 3 aromatic rings. The zero-order valence-corrected chi connectivity index (χ0v) is 16.3. The van der Waals surface area contributed by atoms with Crippen LogP contribution < -0.4 is 4.74 Å². The minimum absolute atomic E-state index is 0.381. The molecule has 3 rings (SSSR count). The number of ether oxygens (including phenoxy) is 2. The van der Waals surface area contributed by atoms with Gasteiger partial charge in [-0.3, -0.25) is 4.57 Å². The van der Waals surface area contributed by atoms with Crippen molar-refractivity contribution in [3.05, 3.63) is 48.4 Å². The number of carbonyl (C=O) groups is 1. The van der Waals surface area contributed by atoms with E-state index in [2.05, 4.69) is 14.7 Å². The van der Waals surface area contributed by atoms with E-state index in [0.29, 0.717) is 23.3 Å². The molecule has 0 atom stereocenters. The standard InChI is InChI=1S/C16H15N3O3.2C2H6/c1-3-22-13-6-4-12(5-7-13)19-10-18-14-8-11(16(20)21-2)9-17-15(14)19;2*1-2/h4-10H,3H2,1-2H3;2*1-2H3. The molecule has 0 aliphatic carbocycles. The quantitative estimate of drug-likeness (QED) is 0.635. The summed E-state index contributed by atoms with van der Waals surface area (Å²) < 4.78 is 12.0. The SMILES string of the molecule is CC.CC.CCOc1ccc(-n2cnc3cc(C(=O)OC)cnc32)cc1. The highest BCUT2D eigenvalue weighted by atomic mass is 16.5. The summed E-state index contributed by atoms with van der Waals surface area (Å²) in [5.41, 5.74) is 2.62. The maximum absolute atomic E-state index is 11.5. The van der Waals surface area contributed by atoms with E-state index in [0.717, 1.165) is 11.4 Å². The molecule has 0 aliphatic rings. The summed E-state index contributed by atoms with van der Waals surface area (Å²) >= 11 is 0. The topological polar surface area (TPSA) is 66.2 Å². The molecule has 6 nitrogen and oxygen atoms in total. The number of benzene rings is 1. The summed E-state index contributed by atoms with van der Waals surface area (Å²) in [5, 5.41) is 0. The third kappa shape index (κ3) is 4.81. The van der Waals surface area contributed by atoms with Crippen molar-refractivity contribution in [3.8, 4) is 11.4 Å². The number of hydrogen-bond acceptors (Lipinski definition) is 5. The number of carbonyl (C=O) groups excluding carboxylic acids is 1. The van der Waals surface area contributed by atoms with Gasteiger partial charge in [-0.1, -0.05) is 27.7 Å². The number of imidazole rings is 1. The van der Waals surface area contributed by atoms with Crippen LogP contribution in [0.1, 0.15) is 45.0 Å². The van der Waals surface area contributed by atoms with Crippen LogP contribution in [0, 0.1) is 0 Å². The molecule has 6 heteroatoms. The van der Waals surface area contributed by atoms with Gasteiger partial charge in [0, 0.05) is 11.9 Å². The molecule has 0 N–H and O–H groups in total. The Morgan fingerprint density at radius 1 is 1.08 bits per heavy atom. The first kappa shape index (κ1) is 21.2. The van der Waals surface area contributed by atoms with Crippen molar-refractivity contribution in [2.75, 3.05) is 13.7 Å². The Labute approximate surface area is 154 Å². The summed E-state index contributed by atoms with van der Waals surface area (Å²) in [7, 11) is 1.34. The Morgan fingerprint density at radius 2 is 1.73 bits per heavy atom. The van der Waals surface area contributed by atoms with Crippen LogP contribution >= 0.6 is 0 Å². The molecule has 0 radical (unpaired) electrons. The molecular formula is C20H27N3O3. The van der Waals surface area contributed by atoms with E-state index < -0.39 is 5.97 Å². The number of methoxy groups -OCH3 is 1. The zero-order valence-electron chi connectivity index (χ0n) is 16.3. The summed E-state index contributed by atoms with van der Waals surface area (Å²) in [6, 6.07) is 9.32. The summed E-state index contributed by atoms with van der Waals surface area (Å²) in [6.45, 7) is 10.6. The molecule has 0 fully saturated rings. The van der Waals surface area contributed by atoms with Crippen molar-refractivity contribution in [2.45, 2.75) is 34.6 Å². The molecule has 0 aliphatic heterocycles. The highest BCUT2D eigenvalue weighted by Crippen LogP contribution is 2.20. The molecule has 0 saturated heterocycles. The second-order valence-electron chi connectivity index (χ2n) is 4.60. The van der Waals surface area contributed by atoms with Gasteiger partial charge in [-0.15, -0.1) is 0 Å². The Balaban J connectivity index is 0.000000791. The Hall–Kier alpha value is -2.89. The predicted molar refractivity (Wildman–Crippen MR) is 104 cm³/mol. The van der Waals surface area contributed by atoms with E-state index in [1.165, 1.54) is 13.3 Å². The van der Waals surface area contributed by atoms with E-state index in [-0.39, 0.29) is 0 Å². The largest absolute Gasteiger partial charge is 0.494 e. The third-order valence-corrected chi connectivity index (χ3v) is 3.23. The lowest BCUT2D eigenvalue weighted by Crippen LogP contribution is -2.02. The average Bonchev–Trinajstić information content (AvgIpc) is 3.14. The van der Waals surface area contributed by atoms with Crippen molar-refractivity contribution < 1.29 is 14.3 Å². The number of pyridine rings is 1. The van der Waals surface area contributed by atoms with Crippen LogP contribution in [0.3, 0.4) is 0 Å². The first-order valence-electron chi connectivity index (χ1n) is 8.87. The van der Waals surface area contributed by atoms with Crippen molar-refractivity contribution in [2.24, 2.45) is 0 Å². The number of esters is 1. The fourth-order valence-electron chi connectivity index (χ4n) is 2.19. The van der Waals surface area contributed by atoms with Gasteiger partial charge in [-0.25, -0.2) is 14.8 Å². The lowest BCUT2D eigenvalue weighted by Gasteiger charge is -2.06. The van der Waals surface area contributed by atoms with Gasteiger partial charge >= 0.3 is 5.97 Å². The van der Waals surface area contributed by atoms with Crippen LogP contribution in [0.2, 0.25) is 0 Å². The van der Waals surface area contributed by atoms with Gasteiger partial charge in [0.1, 0.15) is 17.6 Å². The molecule has 0 amide bonds. The smallest absolute Gasteiger partial charge is 0.339 e. The number of fused-ring (bicyclic) bond motifs is 1. The lowest BCUT2D eigenvalue weighted by atomic mass is 10.2. The van der Waals surface area contributed by atoms with Crippen molar-refractivity contribution in [1.82, 2.24) is 14.5 Å². The highest BCUT2D eigenvalue weighted by Gasteiger charge is 2.11. The Bertz CT molecular complexity index is 811. The molecule has 0 bridgehead atoms. The van der Waals surface area contributed by atoms with Crippen LogP contribution in [-0.2, 0) is 4.74 Å². The molecule has 26 heavy (non-hydrogen) atoms. The van der Waals surface area contributed by atoms with E-state index in [1.807, 2.05) is 63.5 Å². The molecule has 140 valence electrons. The summed E-state index contributed by atoms with van der Waals surface area (Å²) in [6.07, 6.45) is 3.16. The second kappa shape index (κ2) is 10.9. The Kier molecular flexibility index (Phi) is 8.84. The summed E-state index contributed by atoms with van der Waals surface area (Å²) in [5.74, 6) is 0.390. The van der Waals surface area contributed by atoms with Crippen LogP contribution in [0.15, 0.2) is 42.9 Å². The van der Waals surface area contributed by atoms with Crippen LogP contribution in [-0.4, -0.2) is 34.2 Å². The van der Waals surface area contributed by atoms with E-state index in [1.54, 1.807) is 12.4 Å². The molecule has 0 saturated carbocycles. The van der Waals surface area contributed by atoms with Crippen LogP contribution in [0.25, 0.3) is 16.9 Å². The van der Waals surface area contributed by atoms with Gasteiger partial charge in [0.15, 0.2) is 5.65 Å². The second-order valence-corrected chi connectivity index (χ2v) is 4.60. The van der Waals surface area contributed by atoms with Crippen LogP contribution in [0.4, 0.5) is 0 Å². The molecule has 1 aromatic carbocycles. The third-order valence-electron chi connectivity index (χ3n) is 3.23. The fourth-order valence-corrected chi connectivity index (χ4v) is 2.19. The first-order valence-corrected chi connectivity index (χ1v) is 8.87.